The molecule has 0 atom stereocenters. The average Bonchev–Trinajstić information content (AvgIpc) is 2.27. The highest BCUT2D eigenvalue weighted by Crippen LogP contribution is 2.18. The molecule has 94 valence electrons. The number of amides is 1. The first-order valence-electron chi connectivity index (χ1n) is 5.45. The number of aliphatic hydroxyl groups excluding tert-OH is 1. The van der Waals surface area contributed by atoms with Gasteiger partial charge in [0.25, 0.3) is 5.91 Å². The molecule has 1 aromatic rings. The third-order valence-corrected chi connectivity index (χ3v) is 2.48. The number of pyridine rings is 1. The van der Waals surface area contributed by atoms with Crippen LogP contribution in [0.5, 0.6) is 0 Å². The molecule has 1 heterocycles. The second-order valence-corrected chi connectivity index (χ2v) is 4.68. The molecule has 0 aliphatic heterocycles. The molecule has 0 fully saturated rings. The van der Waals surface area contributed by atoms with Crippen molar-refractivity contribution in [2.24, 2.45) is 5.41 Å². The fraction of sp³-hybridized carbons (Fsp3) is 0.500. The van der Waals surface area contributed by atoms with E-state index in [2.05, 4.69) is 10.3 Å². The van der Waals surface area contributed by atoms with Crippen molar-refractivity contribution in [3.8, 4) is 0 Å². The normalized spacial score (nSPS) is 11.3. The van der Waals surface area contributed by atoms with Crippen molar-refractivity contribution in [2.75, 3.05) is 13.2 Å². The van der Waals surface area contributed by atoms with Crippen LogP contribution in [0, 0.1) is 11.2 Å². The molecule has 0 aliphatic rings. The van der Waals surface area contributed by atoms with E-state index in [0.29, 0.717) is 13.0 Å². The topological polar surface area (TPSA) is 62.2 Å². The van der Waals surface area contributed by atoms with E-state index in [-0.39, 0.29) is 23.6 Å². The molecule has 0 aliphatic carbocycles. The number of carbonyl (C=O) groups excluding carboxylic acids is 1. The quantitative estimate of drug-likeness (QED) is 0.816. The summed E-state index contributed by atoms with van der Waals surface area (Å²) in [5.41, 5.74) is 0.0101. The van der Waals surface area contributed by atoms with Crippen LogP contribution in [-0.4, -0.2) is 29.1 Å². The van der Waals surface area contributed by atoms with E-state index >= 15 is 0 Å². The van der Waals surface area contributed by atoms with Crippen LogP contribution >= 0.6 is 0 Å². The van der Waals surface area contributed by atoms with Gasteiger partial charge in [-0.2, -0.15) is 0 Å². The summed E-state index contributed by atoms with van der Waals surface area (Å²) in [4.78, 5) is 15.3. The number of rotatable bonds is 5. The van der Waals surface area contributed by atoms with Crippen molar-refractivity contribution < 1.29 is 14.3 Å². The molecule has 0 unspecified atom stereocenters. The monoisotopic (exact) mass is 240 g/mol. The third kappa shape index (κ3) is 4.48. The molecule has 1 amide bonds. The van der Waals surface area contributed by atoms with Crippen molar-refractivity contribution >= 4 is 5.91 Å². The zero-order valence-electron chi connectivity index (χ0n) is 10.0. The molecule has 0 bridgehead atoms. The van der Waals surface area contributed by atoms with Gasteiger partial charge in [-0.15, -0.1) is 0 Å². The molecule has 0 spiro atoms. The molecule has 5 heteroatoms. The van der Waals surface area contributed by atoms with Crippen molar-refractivity contribution in [3.63, 3.8) is 0 Å². The molecule has 0 aromatic carbocycles. The lowest BCUT2D eigenvalue weighted by atomic mass is 9.90. The van der Waals surface area contributed by atoms with Crippen LogP contribution in [-0.2, 0) is 0 Å². The Bertz CT molecular complexity index is 377. The van der Waals surface area contributed by atoms with Gasteiger partial charge in [-0.3, -0.25) is 4.79 Å². The number of nitrogens with zero attached hydrogens (tertiary/aromatic N) is 1. The van der Waals surface area contributed by atoms with Crippen LogP contribution in [0.1, 0.15) is 30.8 Å². The summed E-state index contributed by atoms with van der Waals surface area (Å²) in [6, 6.07) is 2.53. The summed E-state index contributed by atoms with van der Waals surface area (Å²) in [5.74, 6) is -0.807. The molecule has 1 rings (SSSR count). The Morgan fingerprint density at radius 2 is 2.24 bits per heavy atom. The Labute approximate surface area is 99.9 Å². The maximum atomic E-state index is 12.6. The maximum absolute atomic E-state index is 12.6. The van der Waals surface area contributed by atoms with Gasteiger partial charge in [-0.05, 0) is 24.0 Å². The first kappa shape index (κ1) is 13.6. The van der Waals surface area contributed by atoms with Crippen molar-refractivity contribution in [1.29, 1.82) is 0 Å². The molecule has 1 aromatic heterocycles. The highest BCUT2D eigenvalue weighted by molar-refractivity contribution is 5.92. The van der Waals surface area contributed by atoms with Crippen LogP contribution in [0.3, 0.4) is 0 Å². The standard InChI is InChI=1S/C12H17FN2O2/c1-12(2,5-6-16)8-15-11(17)10-4-3-9(13)7-14-10/h3-4,7,16H,5-6,8H2,1-2H3,(H,15,17). The number of nitrogens with one attached hydrogen (secondary N) is 1. The number of aromatic nitrogens is 1. The molecule has 0 saturated carbocycles. The predicted octanol–water partition coefficient (Wildman–Crippen LogP) is 1.36. The Hall–Kier alpha value is -1.49. The number of halogens is 1. The largest absolute Gasteiger partial charge is 0.396 e. The summed E-state index contributed by atoms with van der Waals surface area (Å²) in [5, 5.41) is 11.6. The summed E-state index contributed by atoms with van der Waals surface area (Å²) < 4.78 is 12.6. The molecule has 0 radical (unpaired) electrons. The SMILES string of the molecule is CC(C)(CCO)CNC(=O)c1ccc(F)cn1. The second-order valence-electron chi connectivity index (χ2n) is 4.68. The van der Waals surface area contributed by atoms with E-state index in [1.54, 1.807) is 0 Å². The molecular weight excluding hydrogens is 223 g/mol. The summed E-state index contributed by atoms with van der Waals surface area (Å²) in [7, 11) is 0. The number of aliphatic hydroxyl groups is 1. The van der Waals surface area contributed by atoms with Crippen molar-refractivity contribution in [3.05, 3.63) is 29.8 Å². The molecular formula is C12H17FN2O2. The molecule has 0 saturated heterocycles. The van der Waals surface area contributed by atoms with Crippen molar-refractivity contribution in [1.82, 2.24) is 10.3 Å². The summed E-state index contributed by atoms with van der Waals surface area (Å²) in [6.07, 6.45) is 1.61. The van der Waals surface area contributed by atoms with Crippen LogP contribution in [0.15, 0.2) is 18.3 Å². The Kier molecular flexibility index (Phi) is 4.57. The van der Waals surface area contributed by atoms with Crippen LogP contribution in [0.25, 0.3) is 0 Å². The van der Waals surface area contributed by atoms with E-state index in [1.807, 2.05) is 13.8 Å². The van der Waals surface area contributed by atoms with Gasteiger partial charge in [0.05, 0.1) is 6.20 Å². The lowest BCUT2D eigenvalue weighted by Gasteiger charge is -2.23. The minimum absolute atomic E-state index is 0.0810. The predicted molar refractivity (Wildman–Crippen MR) is 62.0 cm³/mol. The average molecular weight is 240 g/mol. The zero-order valence-corrected chi connectivity index (χ0v) is 10.0. The molecule has 17 heavy (non-hydrogen) atoms. The maximum Gasteiger partial charge on any atom is 0.269 e. The minimum atomic E-state index is -0.470. The summed E-state index contributed by atoms with van der Waals surface area (Å²) in [6.45, 7) is 4.41. The van der Waals surface area contributed by atoms with E-state index in [0.717, 1.165) is 6.20 Å². The van der Waals surface area contributed by atoms with Crippen LogP contribution in [0.2, 0.25) is 0 Å². The van der Waals surface area contributed by atoms with Crippen LogP contribution in [0.4, 0.5) is 4.39 Å². The first-order valence-corrected chi connectivity index (χ1v) is 5.45. The van der Waals surface area contributed by atoms with Crippen LogP contribution < -0.4 is 5.32 Å². The highest BCUT2D eigenvalue weighted by Gasteiger charge is 2.18. The van der Waals surface area contributed by atoms with Gasteiger partial charge in [0.15, 0.2) is 0 Å². The zero-order chi connectivity index (χ0) is 12.9. The second kappa shape index (κ2) is 5.72. The van der Waals surface area contributed by atoms with E-state index in [4.69, 9.17) is 5.11 Å². The smallest absolute Gasteiger partial charge is 0.269 e. The number of hydrogen-bond donors (Lipinski definition) is 2. The fourth-order valence-corrected chi connectivity index (χ4v) is 1.31. The Morgan fingerprint density at radius 3 is 2.76 bits per heavy atom. The van der Waals surface area contributed by atoms with Crippen molar-refractivity contribution in [2.45, 2.75) is 20.3 Å². The Balaban J connectivity index is 2.53. The van der Waals surface area contributed by atoms with Gasteiger partial charge in [-0.25, -0.2) is 9.37 Å². The lowest BCUT2D eigenvalue weighted by Crippen LogP contribution is -2.34. The number of hydrogen-bond acceptors (Lipinski definition) is 3. The van der Waals surface area contributed by atoms with Gasteiger partial charge in [0, 0.05) is 13.2 Å². The fourth-order valence-electron chi connectivity index (χ4n) is 1.31. The van der Waals surface area contributed by atoms with Gasteiger partial charge in [0.1, 0.15) is 11.5 Å². The van der Waals surface area contributed by atoms with E-state index in [9.17, 15) is 9.18 Å². The summed E-state index contributed by atoms with van der Waals surface area (Å²) >= 11 is 0. The van der Waals surface area contributed by atoms with E-state index in [1.165, 1.54) is 12.1 Å². The third-order valence-electron chi connectivity index (χ3n) is 2.48. The first-order chi connectivity index (χ1) is 7.94. The van der Waals surface area contributed by atoms with Gasteiger partial charge in [-0.1, -0.05) is 13.8 Å². The molecule has 4 nitrogen and oxygen atoms in total. The van der Waals surface area contributed by atoms with Gasteiger partial charge >= 0.3 is 0 Å². The van der Waals surface area contributed by atoms with Gasteiger partial charge in [0.2, 0.25) is 0 Å². The Morgan fingerprint density at radius 1 is 1.53 bits per heavy atom. The molecule has 2 N–H and O–H groups in total. The minimum Gasteiger partial charge on any atom is -0.396 e. The van der Waals surface area contributed by atoms with Gasteiger partial charge < -0.3 is 10.4 Å². The van der Waals surface area contributed by atoms with E-state index < -0.39 is 5.82 Å². The number of carbonyl (C=O) groups is 1. The lowest BCUT2D eigenvalue weighted by molar-refractivity contribution is 0.0923. The highest BCUT2D eigenvalue weighted by atomic mass is 19.1.